The predicted molar refractivity (Wildman–Crippen MR) is 161 cm³/mol. The van der Waals surface area contributed by atoms with Gasteiger partial charge in [-0.25, -0.2) is 13.9 Å². The van der Waals surface area contributed by atoms with Crippen molar-refractivity contribution in [3.05, 3.63) is 88.1 Å². The topological polar surface area (TPSA) is 43.9 Å². The molecular formula is C32H35F3N4O2Si. The Morgan fingerprint density at radius 3 is 2.69 bits per heavy atom. The highest BCUT2D eigenvalue weighted by Gasteiger charge is 2.32. The number of fused-ring (bicyclic) bond motifs is 2. The van der Waals surface area contributed by atoms with Crippen molar-refractivity contribution in [1.82, 2.24) is 14.7 Å². The van der Waals surface area contributed by atoms with Gasteiger partial charge in [0.15, 0.2) is 5.69 Å². The highest BCUT2D eigenvalue weighted by Crippen LogP contribution is 2.44. The van der Waals surface area contributed by atoms with Gasteiger partial charge in [0.2, 0.25) is 0 Å². The second kappa shape index (κ2) is 11.9. The molecule has 3 aromatic carbocycles. The summed E-state index contributed by atoms with van der Waals surface area (Å²) in [5.41, 5.74) is 3.43. The van der Waals surface area contributed by atoms with Crippen LogP contribution in [0.15, 0.2) is 48.5 Å². The van der Waals surface area contributed by atoms with Gasteiger partial charge in [-0.3, -0.25) is 4.90 Å². The highest BCUT2D eigenvalue weighted by atomic mass is 28.3. The van der Waals surface area contributed by atoms with E-state index in [1.807, 2.05) is 25.1 Å². The Hall–Kier alpha value is -3.65. The maximum atomic E-state index is 15.4. The van der Waals surface area contributed by atoms with Crippen molar-refractivity contribution in [2.24, 2.45) is 0 Å². The zero-order valence-corrected chi connectivity index (χ0v) is 25.0. The van der Waals surface area contributed by atoms with Crippen LogP contribution in [0.25, 0.3) is 26.9 Å². The molecule has 0 saturated carbocycles. The Kier molecular flexibility index (Phi) is 7.38. The van der Waals surface area contributed by atoms with E-state index in [9.17, 15) is 8.78 Å². The third kappa shape index (κ3) is 5.95. The van der Waals surface area contributed by atoms with E-state index in [0.29, 0.717) is 29.6 Å². The smallest absolute Gasteiger partial charge is 0.387 e. The maximum Gasteiger partial charge on any atom is 0.387 e. The summed E-state index contributed by atoms with van der Waals surface area (Å²) in [5.74, 6) is -1.26. The van der Waals surface area contributed by atoms with Crippen LogP contribution in [-0.4, -0.2) is 49.5 Å². The monoisotopic (exact) mass is 595 g/mol. The van der Waals surface area contributed by atoms with E-state index in [2.05, 4.69) is 29.2 Å². The van der Waals surface area contributed by atoms with Crippen LogP contribution in [0.3, 0.4) is 0 Å². The molecule has 0 N–H and O–H groups in total. The van der Waals surface area contributed by atoms with Crippen LogP contribution in [-0.2, 0) is 17.9 Å². The van der Waals surface area contributed by atoms with Crippen molar-refractivity contribution in [3.8, 4) is 16.9 Å². The zero-order chi connectivity index (χ0) is 32.7. The summed E-state index contributed by atoms with van der Waals surface area (Å²) in [5, 5.41) is 5.36. The Morgan fingerprint density at radius 1 is 1.19 bits per heavy atom. The van der Waals surface area contributed by atoms with E-state index >= 15 is 4.39 Å². The molecule has 0 amide bonds. The largest absolute Gasteiger partial charge is 0.434 e. The molecule has 10 heteroatoms. The average Bonchev–Trinajstić information content (AvgIpc) is 3.30. The summed E-state index contributed by atoms with van der Waals surface area (Å²) in [7, 11) is -1.39. The first-order valence-electron chi connectivity index (χ1n) is 15.3. The predicted octanol–water partition coefficient (Wildman–Crippen LogP) is 8.19. The molecule has 2 heterocycles. The summed E-state index contributed by atoms with van der Waals surface area (Å²) >= 11 is 0. The number of halogens is 3. The molecule has 5 rings (SSSR count). The number of hydrogen-bond donors (Lipinski definition) is 0. The molecule has 1 aliphatic heterocycles. The van der Waals surface area contributed by atoms with Crippen LogP contribution in [0.1, 0.15) is 32.5 Å². The van der Waals surface area contributed by atoms with Gasteiger partial charge >= 0.3 is 6.61 Å². The van der Waals surface area contributed by atoms with E-state index in [0.717, 1.165) is 28.8 Å². The molecule has 4 aromatic rings. The summed E-state index contributed by atoms with van der Waals surface area (Å²) in [6.45, 7) is 11.7. The molecule has 0 radical (unpaired) electrons. The number of alkyl halides is 2. The normalized spacial score (nSPS) is 17.0. The lowest BCUT2D eigenvalue weighted by molar-refractivity contribution is -0.0495. The van der Waals surface area contributed by atoms with Gasteiger partial charge in [0.25, 0.3) is 0 Å². The number of nitrogens with zero attached hydrogens (tertiary/aromatic N) is 4. The Bertz CT molecular complexity index is 1770. The number of aryl methyl sites for hydroxylation is 1. The van der Waals surface area contributed by atoms with E-state index in [4.69, 9.17) is 20.5 Å². The fraction of sp³-hybridized carbons (Fsp3) is 0.375. The van der Waals surface area contributed by atoms with Crippen molar-refractivity contribution in [2.45, 2.75) is 58.4 Å². The minimum absolute atomic E-state index is 0.00548. The van der Waals surface area contributed by atoms with Gasteiger partial charge in [0, 0.05) is 36.3 Å². The van der Waals surface area contributed by atoms with Gasteiger partial charge in [0.1, 0.15) is 18.3 Å². The number of likely N-dealkylation sites (N-methyl/N-ethyl adjacent to an activating group) is 1. The Balaban J connectivity index is 1.77. The van der Waals surface area contributed by atoms with Crippen LogP contribution >= 0.6 is 0 Å². The SMILES string of the molecule is [2H]C([2H])([2H])N1CCc2c(C)cccc2C1c1nn(COCC[Si](C)(C)C)c2cc([N+]#[C-])c(-c3c(F)cccc3OC(F)F)cc12. The maximum absolute atomic E-state index is 15.4. The van der Waals surface area contributed by atoms with Gasteiger partial charge < -0.3 is 9.47 Å². The van der Waals surface area contributed by atoms with E-state index in [1.54, 1.807) is 4.68 Å². The minimum Gasteiger partial charge on any atom is -0.434 e. The number of hydrogen-bond acceptors (Lipinski definition) is 4. The lowest BCUT2D eigenvalue weighted by Crippen LogP contribution is -2.33. The van der Waals surface area contributed by atoms with Crippen LogP contribution in [0.4, 0.5) is 18.9 Å². The lowest BCUT2D eigenvalue weighted by Gasteiger charge is -2.34. The van der Waals surface area contributed by atoms with Crippen molar-refractivity contribution in [2.75, 3.05) is 20.1 Å². The van der Waals surface area contributed by atoms with E-state index in [1.165, 1.54) is 29.2 Å². The van der Waals surface area contributed by atoms with Gasteiger partial charge in [-0.1, -0.05) is 50.0 Å². The quantitative estimate of drug-likeness (QED) is 0.111. The molecule has 1 aliphatic rings. The summed E-state index contributed by atoms with van der Waals surface area (Å²) in [4.78, 5) is 5.04. The number of rotatable bonds is 9. The lowest BCUT2D eigenvalue weighted by atomic mass is 9.87. The van der Waals surface area contributed by atoms with Crippen LogP contribution in [0, 0.1) is 19.3 Å². The molecule has 42 heavy (non-hydrogen) atoms. The van der Waals surface area contributed by atoms with Crippen molar-refractivity contribution in [1.29, 1.82) is 0 Å². The fourth-order valence-corrected chi connectivity index (χ4v) is 6.22. The third-order valence-corrected chi connectivity index (χ3v) is 9.31. The van der Waals surface area contributed by atoms with Gasteiger partial charge in [0.05, 0.1) is 23.8 Å². The molecule has 6 nitrogen and oxygen atoms in total. The first-order chi connectivity index (χ1) is 21.2. The van der Waals surface area contributed by atoms with Gasteiger partial charge in [-0.15, -0.1) is 0 Å². The molecule has 0 bridgehead atoms. The summed E-state index contributed by atoms with van der Waals surface area (Å²) in [6, 6.07) is 12.5. The number of benzene rings is 3. The average molecular weight is 596 g/mol. The molecular weight excluding hydrogens is 557 g/mol. The molecule has 0 aliphatic carbocycles. The molecule has 0 fully saturated rings. The van der Waals surface area contributed by atoms with Crippen LogP contribution < -0.4 is 4.74 Å². The second-order valence-electron chi connectivity index (χ2n) is 11.7. The summed E-state index contributed by atoms with van der Waals surface area (Å²) in [6.07, 6.45) is 0.534. The molecule has 1 unspecified atom stereocenters. The van der Waals surface area contributed by atoms with Crippen molar-refractivity contribution in [3.63, 3.8) is 0 Å². The number of aromatic nitrogens is 2. The summed E-state index contributed by atoms with van der Waals surface area (Å²) < 4.78 is 79.6. The molecule has 220 valence electrons. The minimum atomic E-state index is -3.22. The highest BCUT2D eigenvalue weighted by molar-refractivity contribution is 6.76. The van der Waals surface area contributed by atoms with E-state index in [-0.39, 0.29) is 30.1 Å². The molecule has 0 saturated heterocycles. The fourth-order valence-electron chi connectivity index (χ4n) is 5.46. The Labute approximate surface area is 249 Å². The standard InChI is InChI=1S/C32H35F3N4O2Si/c1-20-9-7-10-22-21(20)13-14-38(3)31(22)30-24-17-23(29-25(33)11-8-12-28(29)41-32(34)35)26(36-2)18-27(24)39(37-30)19-40-15-16-42(4,5)6/h7-12,17-18,31-32H,13-16,19H2,1,3-6H3/i3D3. The third-order valence-electron chi connectivity index (χ3n) is 7.60. The molecule has 1 aromatic heterocycles. The van der Waals surface area contributed by atoms with Crippen molar-refractivity contribution >= 4 is 24.7 Å². The van der Waals surface area contributed by atoms with Crippen LogP contribution in [0.5, 0.6) is 5.75 Å². The first-order valence-corrected chi connectivity index (χ1v) is 17.5. The van der Waals surface area contributed by atoms with Crippen molar-refractivity contribution < 1.29 is 26.8 Å². The van der Waals surface area contributed by atoms with Gasteiger partial charge in [-0.2, -0.15) is 13.9 Å². The van der Waals surface area contributed by atoms with E-state index < -0.39 is 39.3 Å². The first kappa shape index (κ1) is 26.0. The van der Waals surface area contributed by atoms with Crippen LogP contribution in [0.2, 0.25) is 25.7 Å². The zero-order valence-electron chi connectivity index (χ0n) is 27.0. The Morgan fingerprint density at radius 2 is 1.98 bits per heavy atom. The molecule has 0 spiro atoms. The molecule has 1 atom stereocenters. The van der Waals surface area contributed by atoms with Gasteiger partial charge in [-0.05, 0) is 66.8 Å². The second-order valence-corrected chi connectivity index (χ2v) is 17.3. The number of ether oxygens (including phenoxy) is 2.